The Kier molecular flexibility index (Phi) is 5.68. The second-order valence-electron chi connectivity index (χ2n) is 8.28. The molecule has 1 atom stereocenters. The molecule has 1 heterocycles. The first-order valence-corrected chi connectivity index (χ1v) is 10.8. The lowest BCUT2D eigenvalue weighted by Crippen LogP contribution is -2.16. The van der Waals surface area contributed by atoms with Crippen LogP contribution in [-0.2, 0) is 23.7 Å². The van der Waals surface area contributed by atoms with Gasteiger partial charge in [-0.15, -0.1) is 0 Å². The predicted octanol–water partition coefficient (Wildman–Crippen LogP) is 8.68. The maximum Gasteiger partial charge on any atom is 0.417 e. The van der Waals surface area contributed by atoms with Crippen LogP contribution in [0.5, 0.6) is 0 Å². The summed E-state index contributed by atoms with van der Waals surface area (Å²) in [7, 11) is 0. The molecule has 35 heavy (non-hydrogen) atoms. The largest absolute Gasteiger partial charge is 0.417 e. The maximum atomic E-state index is 14.3. The Hall–Kier alpha value is -3.58. The fourth-order valence-corrected chi connectivity index (χ4v) is 4.58. The third-order valence-electron chi connectivity index (χ3n) is 6.11. The Morgan fingerprint density at radius 3 is 1.91 bits per heavy atom. The number of halogens is 6. The lowest BCUT2D eigenvalue weighted by molar-refractivity contribution is -0.142. The first-order chi connectivity index (χ1) is 16.6. The topological polar surface area (TPSA) is 9.23 Å². The molecule has 0 bridgehead atoms. The summed E-state index contributed by atoms with van der Waals surface area (Å²) >= 11 is 0. The van der Waals surface area contributed by atoms with Crippen molar-refractivity contribution < 1.29 is 31.1 Å². The van der Waals surface area contributed by atoms with Gasteiger partial charge in [0, 0.05) is 5.56 Å². The van der Waals surface area contributed by atoms with Gasteiger partial charge in [-0.05, 0) is 45.5 Å². The van der Waals surface area contributed by atoms with Gasteiger partial charge in [0.1, 0.15) is 6.10 Å². The molecule has 1 unspecified atom stereocenters. The van der Waals surface area contributed by atoms with E-state index in [1.165, 1.54) is 6.07 Å². The second kappa shape index (κ2) is 8.57. The van der Waals surface area contributed by atoms with Crippen molar-refractivity contribution in [1.82, 2.24) is 0 Å². The number of fused-ring (bicyclic) bond motifs is 3. The summed E-state index contributed by atoms with van der Waals surface area (Å²) in [6.07, 6.45) is -11.1. The zero-order valence-electron chi connectivity index (χ0n) is 18.1. The first-order valence-electron chi connectivity index (χ1n) is 10.8. The minimum atomic E-state index is -5.02. The molecule has 0 saturated carbocycles. The predicted molar refractivity (Wildman–Crippen MR) is 120 cm³/mol. The zero-order valence-corrected chi connectivity index (χ0v) is 18.1. The average molecular weight is 484 g/mol. The molecule has 178 valence electrons. The van der Waals surface area contributed by atoms with Crippen LogP contribution in [0.1, 0.15) is 33.9 Å². The van der Waals surface area contributed by atoms with Crippen molar-refractivity contribution in [2.24, 2.45) is 0 Å². The van der Waals surface area contributed by atoms with Gasteiger partial charge in [-0.1, -0.05) is 78.9 Å². The van der Waals surface area contributed by atoms with Crippen LogP contribution in [0.15, 0.2) is 91.0 Å². The molecule has 0 radical (unpaired) electrons. The van der Waals surface area contributed by atoms with E-state index in [2.05, 4.69) is 0 Å². The summed E-state index contributed by atoms with van der Waals surface area (Å²) in [5.41, 5.74) is -0.549. The molecule has 0 fully saturated rings. The lowest BCUT2D eigenvalue weighted by atomic mass is 9.84. The standard InChI is InChI=1S/C28H18F6O/c29-27(30,31)19-14-22-25(24(15-19)28(32,33)34)21-13-7-12-20(17-8-3-1-4-9-17)23(21)16-35-26(22)18-10-5-2-6-11-18/h1-15,26H,16H2. The number of alkyl halides is 6. The van der Waals surface area contributed by atoms with Crippen molar-refractivity contribution in [2.75, 3.05) is 0 Å². The highest BCUT2D eigenvalue weighted by Gasteiger charge is 2.42. The van der Waals surface area contributed by atoms with Crippen LogP contribution in [0.4, 0.5) is 26.3 Å². The Morgan fingerprint density at radius 2 is 1.29 bits per heavy atom. The quantitative estimate of drug-likeness (QED) is 0.259. The Balaban J connectivity index is 1.87. The number of rotatable bonds is 2. The molecule has 4 aromatic rings. The van der Waals surface area contributed by atoms with E-state index >= 15 is 0 Å². The first kappa shape index (κ1) is 23.2. The molecule has 5 rings (SSSR count). The normalized spacial score (nSPS) is 15.8. The summed E-state index contributed by atoms with van der Waals surface area (Å²) in [4.78, 5) is 0. The molecule has 0 amide bonds. The number of hydrogen-bond acceptors (Lipinski definition) is 1. The Labute approximate surface area is 197 Å². The molecule has 1 aliphatic rings. The molecule has 1 aliphatic heterocycles. The third-order valence-corrected chi connectivity index (χ3v) is 6.11. The molecule has 0 spiro atoms. The molecule has 0 aliphatic carbocycles. The lowest BCUT2D eigenvalue weighted by Gasteiger charge is -2.23. The van der Waals surface area contributed by atoms with E-state index in [0.717, 1.165) is 11.6 Å². The van der Waals surface area contributed by atoms with Gasteiger partial charge in [-0.25, -0.2) is 0 Å². The van der Waals surface area contributed by atoms with Gasteiger partial charge in [0.15, 0.2) is 0 Å². The summed E-state index contributed by atoms with van der Waals surface area (Å²) in [5.74, 6) is 0. The minimum Gasteiger partial charge on any atom is -0.364 e. The Morgan fingerprint density at radius 1 is 0.657 bits per heavy atom. The van der Waals surface area contributed by atoms with E-state index in [1.807, 2.05) is 30.3 Å². The van der Waals surface area contributed by atoms with Crippen LogP contribution in [0.2, 0.25) is 0 Å². The van der Waals surface area contributed by atoms with Crippen LogP contribution < -0.4 is 0 Å². The van der Waals surface area contributed by atoms with Crippen molar-refractivity contribution in [2.45, 2.75) is 25.1 Å². The van der Waals surface area contributed by atoms with E-state index in [-0.39, 0.29) is 29.4 Å². The molecule has 0 saturated heterocycles. The van der Waals surface area contributed by atoms with Crippen LogP contribution in [0.3, 0.4) is 0 Å². The molecule has 1 nitrogen and oxygen atoms in total. The van der Waals surface area contributed by atoms with Gasteiger partial charge in [-0.2, -0.15) is 26.3 Å². The molecule has 4 aromatic carbocycles. The van der Waals surface area contributed by atoms with E-state index in [0.29, 0.717) is 16.7 Å². The van der Waals surface area contributed by atoms with Crippen molar-refractivity contribution in [3.05, 3.63) is 119 Å². The van der Waals surface area contributed by atoms with Gasteiger partial charge in [0.25, 0.3) is 0 Å². The number of benzene rings is 4. The number of hydrogen-bond donors (Lipinski definition) is 0. The number of ether oxygens (including phenoxy) is 1. The van der Waals surface area contributed by atoms with E-state index in [1.54, 1.807) is 42.5 Å². The molecule has 7 heteroatoms. The fraction of sp³-hybridized carbons (Fsp3) is 0.143. The SMILES string of the molecule is FC(F)(F)c1cc2c(c(C(F)(F)F)c1)-c1cccc(-c3ccccc3)c1COC2c1ccccc1. The van der Waals surface area contributed by atoms with Crippen molar-refractivity contribution in [1.29, 1.82) is 0 Å². The summed E-state index contributed by atoms with van der Waals surface area (Å²) in [6, 6.07) is 23.3. The van der Waals surface area contributed by atoms with Crippen LogP contribution >= 0.6 is 0 Å². The van der Waals surface area contributed by atoms with Gasteiger partial charge in [-0.3, -0.25) is 0 Å². The minimum absolute atomic E-state index is 0.0761. The van der Waals surface area contributed by atoms with Crippen molar-refractivity contribution in [3.8, 4) is 22.3 Å². The van der Waals surface area contributed by atoms with E-state index in [4.69, 9.17) is 4.74 Å². The highest BCUT2D eigenvalue weighted by molar-refractivity contribution is 5.83. The molecule has 0 N–H and O–H groups in total. The molecule has 0 aromatic heterocycles. The molecular weight excluding hydrogens is 466 g/mol. The summed E-state index contributed by atoms with van der Waals surface area (Å²) in [6.45, 7) is -0.0761. The van der Waals surface area contributed by atoms with Gasteiger partial charge in [0.05, 0.1) is 17.7 Å². The van der Waals surface area contributed by atoms with Gasteiger partial charge >= 0.3 is 12.4 Å². The molecular formula is C28H18F6O. The summed E-state index contributed by atoms with van der Waals surface area (Å²) in [5, 5.41) is 0. The van der Waals surface area contributed by atoms with Crippen LogP contribution in [-0.4, -0.2) is 0 Å². The van der Waals surface area contributed by atoms with Crippen molar-refractivity contribution in [3.63, 3.8) is 0 Å². The fourth-order valence-electron chi connectivity index (χ4n) is 4.58. The Bertz CT molecular complexity index is 1360. The van der Waals surface area contributed by atoms with Gasteiger partial charge in [0.2, 0.25) is 0 Å². The highest BCUT2D eigenvalue weighted by atomic mass is 19.4. The van der Waals surface area contributed by atoms with E-state index in [9.17, 15) is 26.3 Å². The van der Waals surface area contributed by atoms with Crippen LogP contribution in [0.25, 0.3) is 22.3 Å². The highest BCUT2D eigenvalue weighted by Crippen LogP contribution is 2.50. The van der Waals surface area contributed by atoms with Crippen molar-refractivity contribution >= 4 is 0 Å². The van der Waals surface area contributed by atoms with Crippen LogP contribution in [0, 0.1) is 0 Å². The average Bonchev–Trinajstić information content (AvgIpc) is 3.00. The second-order valence-corrected chi connectivity index (χ2v) is 8.28. The van der Waals surface area contributed by atoms with Gasteiger partial charge < -0.3 is 4.74 Å². The monoisotopic (exact) mass is 484 g/mol. The third kappa shape index (κ3) is 4.32. The smallest absolute Gasteiger partial charge is 0.364 e. The zero-order chi connectivity index (χ0) is 24.8. The summed E-state index contributed by atoms with van der Waals surface area (Å²) < 4.78 is 90.2. The maximum absolute atomic E-state index is 14.3. The van der Waals surface area contributed by atoms with E-state index < -0.39 is 29.6 Å².